The maximum Gasteiger partial charge on any atom is 0.334 e. The van der Waals surface area contributed by atoms with Crippen molar-refractivity contribution >= 4 is 16.1 Å². The largest absolute Gasteiger partial charge is 0.459 e. The third kappa shape index (κ3) is 3.45. The Labute approximate surface area is 76.5 Å². The Kier molecular flexibility index (Phi) is 2.60. The van der Waals surface area contributed by atoms with Gasteiger partial charge in [-0.1, -0.05) is 0 Å². The van der Waals surface area contributed by atoms with Gasteiger partial charge in [-0.3, -0.25) is 0 Å². The van der Waals surface area contributed by atoms with Crippen LogP contribution in [0.1, 0.15) is 13.3 Å². The highest BCUT2D eigenvalue weighted by Crippen LogP contribution is 2.17. The van der Waals surface area contributed by atoms with E-state index in [0.717, 1.165) is 12.3 Å². The topological polar surface area (TPSA) is 69.7 Å². The Bertz CT molecular complexity index is 340. The monoisotopic (exact) mass is 206 g/mol. The third-order valence-electron chi connectivity index (χ3n) is 1.34. The van der Waals surface area contributed by atoms with Gasteiger partial charge in [-0.25, -0.2) is 4.79 Å². The molecule has 0 aromatic carbocycles. The van der Waals surface area contributed by atoms with Crippen molar-refractivity contribution in [1.82, 2.24) is 0 Å². The summed E-state index contributed by atoms with van der Waals surface area (Å²) in [5.74, 6) is -0.441. The van der Waals surface area contributed by atoms with Crippen molar-refractivity contribution in [2.24, 2.45) is 0 Å². The minimum absolute atomic E-state index is 0.131. The van der Waals surface area contributed by atoms with E-state index in [1.54, 1.807) is 6.92 Å². The summed E-state index contributed by atoms with van der Waals surface area (Å²) >= 11 is 0. The number of esters is 1. The van der Waals surface area contributed by atoms with Crippen molar-refractivity contribution < 1.29 is 22.1 Å². The van der Waals surface area contributed by atoms with Crippen LogP contribution >= 0.6 is 0 Å². The first-order chi connectivity index (χ1) is 5.87. The molecule has 1 atom stereocenters. The van der Waals surface area contributed by atoms with Crippen molar-refractivity contribution in [3.05, 3.63) is 11.8 Å². The fourth-order valence-corrected chi connectivity index (χ4v) is 1.51. The van der Waals surface area contributed by atoms with Gasteiger partial charge in [-0.15, -0.1) is 0 Å². The summed E-state index contributed by atoms with van der Waals surface area (Å²) in [6, 6.07) is 0. The average molecular weight is 206 g/mol. The van der Waals surface area contributed by atoms with E-state index in [1.165, 1.54) is 0 Å². The number of hydrogen-bond acceptors (Lipinski definition) is 5. The normalized spacial score (nSPS) is 23.4. The van der Waals surface area contributed by atoms with Crippen molar-refractivity contribution in [3.8, 4) is 0 Å². The van der Waals surface area contributed by atoms with Crippen molar-refractivity contribution in [2.45, 2.75) is 19.4 Å². The van der Waals surface area contributed by atoms with Gasteiger partial charge in [0.1, 0.15) is 11.9 Å². The maximum absolute atomic E-state index is 10.8. The summed E-state index contributed by atoms with van der Waals surface area (Å²) in [4.78, 5) is 10.8. The number of cyclic esters (lactones) is 1. The molecule has 5 nitrogen and oxygen atoms in total. The molecule has 0 bridgehead atoms. The SMILES string of the molecule is CC1CC(OS(C)(=O)=O)=CC(=O)O1. The minimum atomic E-state index is -3.55. The van der Waals surface area contributed by atoms with Gasteiger partial charge in [0.05, 0.1) is 12.3 Å². The van der Waals surface area contributed by atoms with E-state index in [0.29, 0.717) is 6.42 Å². The lowest BCUT2D eigenvalue weighted by Crippen LogP contribution is -2.21. The predicted molar refractivity (Wildman–Crippen MR) is 44.2 cm³/mol. The van der Waals surface area contributed by atoms with Crippen LogP contribution in [0.25, 0.3) is 0 Å². The quantitative estimate of drug-likeness (QED) is 0.476. The molecule has 0 amide bonds. The molecule has 1 unspecified atom stereocenters. The lowest BCUT2D eigenvalue weighted by atomic mass is 10.2. The van der Waals surface area contributed by atoms with Gasteiger partial charge in [-0.05, 0) is 6.92 Å². The zero-order chi connectivity index (χ0) is 10.1. The molecule has 0 radical (unpaired) electrons. The summed E-state index contributed by atoms with van der Waals surface area (Å²) < 4.78 is 30.7. The fraction of sp³-hybridized carbons (Fsp3) is 0.571. The number of carbonyl (C=O) groups excluding carboxylic acids is 1. The van der Waals surface area contributed by atoms with Crippen LogP contribution in [-0.4, -0.2) is 26.7 Å². The number of rotatable bonds is 2. The van der Waals surface area contributed by atoms with Crippen LogP contribution in [0.2, 0.25) is 0 Å². The van der Waals surface area contributed by atoms with E-state index >= 15 is 0 Å². The molecule has 0 aromatic heterocycles. The molecule has 0 saturated carbocycles. The van der Waals surface area contributed by atoms with Crippen LogP contribution in [0.4, 0.5) is 0 Å². The molecular weight excluding hydrogens is 196 g/mol. The molecule has 0 spiro atoms. The van der Waals surface area contributed by atoms with Crippen molar-refractivity contribution in [3.63, 3.8) is 0 Å². The molecule has 0 saturated heterocycles. The predicted octanol–water partition coefficient (Wildman–Crippen LogP) is 0.182. The molecule has 1 rings (SSSR count). The molecular formula is C7H10O5S. The van der Waals surface area contributed by atoms with Gasteiger partial charge in [0.25, 0.3) is 0 Å². The molecule has 0 aromatic rings. The lowest BCUT2D eigenvalue weighted by molar-refractivity contribution is -0.143. The Morgan fingerprint density at radius 2 is 2.23 bits per heavy atom. The second kappa shape index (κ2) is 3.37. The Morgan fingerprint density at radius 1 is 1.62 bits per heavy atom. The molecule has 0 N–H and O–H groups in total. The molecule has 1 aliphatic heterocycles. The summed E-state index contributed by atoms with van der Waals surface area (Å²) in [6.07, 6.45) is 1.92. The zero-order valence-electron chi connectivity index (χ0n) is 7.31. The third-order valence-corrected chi connectivity index (χ3v) is 1.86. The molecule has 0 aliphatic carbocycles. The van der Waals surface area contributed by atoms with Gasteiger partial charge in [0.2, 0.25) is 0 Å². The molecule has 13 heavy (non-hydrogen) atoms. The van der Waals surface area contributed by atoms with Crippen LogP contribution in [0.15, 0.2) is 11.8 Å². The number of ether oxygens (including phenoxy) is 1. The highest BCUT2D eigenvalue weighted by Gasteiger charge is 2.21. The van der Waals surface area contributed by atoms with E-state index in [9.17, 15) is 13.2 Å². The Morgan fingerprint density at radius 3 is 2.69 bits per heavy atom. The highest BCUT2D eigenvalue weighted by molar-refractivity contribution is 7.86. The van der Waals surface area contributed by atoms with Gasteiger partial charge < -0.3 is 8.92 Å². The van der Waals surface area contributed by atoms with Crippen LogP contribution in [0, 0.1) is 0 Å². The van der Waals surface area contributed by atoms with Crippen molar-refractivity contribution in [1.29, 1.82) is 0 Å². The Balaban J connectivity index is 2.76. The second-order valence-corrected chi connectivity index (χ2v) is 4.42. The number of carbonyl (C=O) groups is 1. The Hall–Kier alpha value is -1.04. The fourth-order valence-electron chi connectivity index (χ4n) is 1.00. The molecule has 0 fully saturated rings. The maximum atomic E-state index is 10.8. The smallest absolute Gasteiger partial charge is 0.334 e. The first-order valence-corrected chi connectivity index (χ1v) is 5.49. The first kappa shape index (κ1) is 10.0. The molecule has 6 heteroatoms. The van der Waals surface area contributed by atoms with E-state index in [-0.39, 0.29) is 11.9 Å². The van der Waals surface area contributed by atoms with Gasteiger partial charge >= 0.3 is 16.1 Å². The zero-order valence-corrected chi connectivity index (χ0v) is 8.13. The average Bonchev–Trinajstić information content (AvgIpc) is 1.78. The van der Waals surface area contributed by atoms with Gasteiger partial charge in [0, 0.05) is 6.42 Å². The van der Waals surface area contributed by atoms with E-state index in [1.807, 2.05) is 0 Å². The van der Waals surface area contributed by atoms with Crippen LogP contribution in [0.5, 0.6) is 0 Å². The van der Waals surface area contributed by atoms with Crippen LogP contribution in [-0.2, 0) is 23.8 Å². The summed E-state index contributed by atoms with van der Waals surface area (Å²) in [5, 5.41) is 0. The van der Waals surface area contributed by atoms with E-state index in [4.69, 9.17) is 4.74 Å². The lowest BCUT2D eigenvalue weighted by Gasteiger charge is -2.18. The summed E-state index contributed by atoms with van der Waals surface area (Å²) in [5.41, 5.74) is 0. The molecule has 1 aliphatic rings. The van der Waals surface area contributed by atoms with Crippen LogP contribution < -0.4 is 0 Å². The summed E-state index contributed by atoms with van der Waals surface area (Å²) in [7, 11) is -3.55. The van der Waals surface area contributed by atoms with E-state index < -0.39 is 16.1 Å². The molecule has 74 valence electrons. The highest BCUT2D eigenvalue weighted by atomic mass is 32.2. The molecule has 1 heterocycles. The second-order valence-electron chi connectivity index (χ2n) is 2.85. The summed E-state index contributed by atoms with van der Waals surface area (Å²) in [6.45, 7) is 1.66. The van der Waals surface area contributed by atoms with Crippen LogP contribution in [0.3, 0.4) is 0 Å². The van der Waals surface area contributed by atoms with E-state index in [2.05, 4.69) is 4.18 Å². The van der Waals surface area contributed by atoms with Gasteiger partial charge in [-0.2, -0.15) is 8.42 Å². The van der Waals surface area contributed by atoms with Gasteiger partial charge in [0.15, 0.2) is 0 Å². The first-order valence-electron chi connectivity index (χ1n) is 3.67. The minimum Gasteiger partial charge on any atom is -0.459 e. The van der Waals surface area contributed by atoms with Crippen molar-refractivity contribution in [2.75, 3.05) is 6.26 Å². The standard InChI is InChI=1S/C7H10O5S/c1-5-3-6(4-7(8)11-5)12-13(2,9)10/h4-5H,3H2,1-2H3. The number of hydrogen-bond donors (Lipinski definition) is 0.